The van der Waals surface area contributed by atoms with Crippen LogP contribution in [0.5, 0.6) is 0 Å². The summed E-state index contributed by atoms with van der Waals surface area (Å²) in [7, 11) is 2.55. The van der Waals surface area contributed by atoms with Gasteiger partial charge in [0.15, 0.2) is 11.5 Å². The van der Waals surface area contributed by atoms with Gasteiger partial charge in [-0.2, -0.15) is 13.2 Å². The summed E-state index contributed by atoms with van der Waals surface area (Å²) in [6, 6.07) is 11.5. The van der Waals surface area contributed by atoms with Crippen molar-refractivity contribution >= 4 is 17.4 Å². The highest BCUT2D eigenvalue weighted by molar-refractivity contribution is 6.43. The van der Waals surface area contributed by atoms with Gasteiger partial charge in [-0.25, -0.2) is 4.79 Å². The number of carbonyl (C=O) groups excluding carboxylic acids is 1. The Hall–Kier alpha value is -4.15. The molecule has 0 saturated carbocycles. The number of hydrogen-bond acceptors (Lipinski definition) is 8. The first-order valence-electron chi connectivity index (χ1n) is 10.2. The summed E-state index contributed by atoms with van der Waals surface area (Å²) in [5, 5.41) is 11.7. The third kappa shape index (κ3) is 6.05. The van der Waals surface area contributed by atoms with E-state index in [0.29, 0.717) is 22.5 Å². The summed E-state index contributed by atoms with van der Waals surface area (Å²) in [6.07, 6.45) is -4.47. The SMILES string of the molecule is CO/N=C(/C(=O)OC)c1cccc(C)c1CO/N=C(\C)c1cc(-c2cccc(C(F)(F)F)c2)on1. The number of hydrogen-bond donors (Lipinski definition) is 0. The molecule has 2 aromatic carbocycles. The molecule has 35 heavy (non-hydrogen) atoms. The van der Waals surface area contributed by atoms with Gasteiger partial charge in [0.05, 0.1) is 12.7 Å². The average molecular weight is 489 g/mol. The van der Waals surface area contributed by atoms with Crippen molar-refractivity contribution in [1.82, 2.24) is 5.16 Å². The second-order valence-corrected chi connectivity index (χ2v) is 7.32. The third-order valence-electron chi connectivity index (χ3n) is 4.99. The van der Waals surface area contributed by atoms with Gasteiger partial charge in [-0.15, -0.1) is 0 Å². The van der Waals surface area contributed by atoms with Crippen molar-refractivity contribution in [2.24, 2.45) is 10.3 Å². The lowest BCUT2D eigenvalue weighted by atomic mass is 9.99. The fourth-order valence-electron chi connectivity index (χ4n) is 3.17. The Kier molecular flexibility index (Phi) is 7.90. The van der Waals surface area contributed by atoms with E-state index < -0.39 is 17.7 Å². The zero-order valence-electron chi connectivity index (χ0n) is 19.3. The summed E-state index contributed by atoms with van der Waals surface area (Å²) in [4.78, 5) is 22.4. The molecule has 0 aliphatic heterocycles. The molecule has 3 aromatic rings. The molecule has 0 saturated heterocycles. The van der Waals surface area contributed by atoms with Crippen LogP contribution in [0.3, 0.4) is 0 Å². The third-order valence-corrected chi connectivity index (χ3v) is 4.99. The standard InChI is InChI=1S/C24H22F3N3O5/c1-14-7-5-10-18(22(30-33-4)23(31)32-3)19(14)13-34-28-15(2)20-12-21(35-29-20)16-8-6-9-17(11-16)24(25,26)27/h5-12H,13H2,1-4H3/b28-15+,30-22+. The summed E-state index contributed by atoms with van der Waals surface area (Å²) < 4.78 is 49.0. The molecule has 0 radical (unpaired) electrons. The number of rotatable bonds is 8. The predicted molar refractivity (Wildman–Crippen MR) is 121 cm³/mol. The zero-order valence-corrected chi connectivity index (χ0v) is 19.3. The molecule has 0 aliphatic rings. The van der Waals surface area contributed by atoms with Crippen molar-refractivity contribution in [3.05, 3.63) is 76.5 Å². The minimum Gasteiger partial charge on any atom is -0.464 e. The fraction of sp³-hybridized carbons (Fsp3) is 0.250. The molecule has 3 rings (SSSR count). The number of aromatic nitrogens is 1. The Morgan fingerprint density at radius 3 is 2.51 bits per heavy atom. The molecule has 11 heteroatoms. The Morgan fingerprint density at radius 1 is 1.09 bits per heavy atom. The van der Waals surface area contributed by atoms with E-state index in [1.807, 2.05) is 13.0 Å². The van der Waals surface area contributed by atoms with Gasteiger partial charge < -0.3 is 18.9 Å². The van der Waals surface area contributed by atoms with E-state index in [0.717, 1.165) is 17.7 Å². The van der Waals surface area contributed by atoms with Crippen LogP contribution < -0.4 is 0 Å². The van der Waals surface area contributed by atoms with Gasteiger partial charge in [0.1, 0.15) is 25.1 Å². The molecule has 0 unspecified atom stereocenters. The quantitative estimate of drug-likeness (QED) is 0.247. The van der Waals surface area contributed by atoms with E-state index in [1.165, 1.54) is 32.4 Å². The van der Waals surface area contributed by atoms with Gasteiger partial charge in [-0.3, -0.25) is 0 Å². The number of ether oxygens (including phenoxy) is 1. The largest absolute Gasteiger partial charge is 0.464 e. The Morgan fingerprint density at radius 2 is 1.83 bits per heavy atom. The second-order valence-electron chi connectivity index (χ2n) is 7.32. The smallest absolute Gasteiger partial charge is 0.416 e. The maximum Gasteiger partial charge on any atom is 0.416 e. The van der Waals surface area contributed by atoms with Gasteiger partial charge in [0.2, 0.25) is 0 Å². The van der Waals surface area contributed by atoms with Crippen LogP contribution in [0.4, 0.5) is 13.2 Å². The Balaban J connectivity index is 1.80. The molecule has 0 spiro atoms. The van der Waals surface area contributed by atoms with E-state index in [2.05, 4.69) is 15.5 Å². The number of halogens is 3. The molecule has 0 N–H and O–H groups in total. The van der Waals surface area contributed by atoms with Crippen LogP contribution in [0.2, 0.25) is 0 Å². The van der Waals surface area contributed by atoms with Crippen molar-refractivity contribution in [2.75, 3.05) is 14.2 Å². The van der Waals surface area contributed by atoms with Crippen molar-refractivity contribution in [2.45, 2.75) is 26.6 Å². The number of methoxy groups -OCH3 is 1. The van der Waals surface area contributed by atoms with Gasteiger partial charge in [-0.05, 0) is 31.5 Å². The number of benzene rings is 2. The van der Waals surface area contributed by atoms with Gasteiger partial charge in [0, 0.05) is 22.8 Å². The number of carbonyl (C=O) groups is 1. The van der Waals surface area contributed by atoms with E-state index >= 15 is 0 Å². The lowest BCUT2D eigenvalue weighted by molar-refractivity contribution is -0.137. The number of esters is 1. The molecule has 1 heterocycles. The maximum atomic E-state index is 13.0. The maximum absolute atomic E-state index is 13.0. The molecular weight excluding hydrogens is 467 g/mol. The Bertz CT molecular complexity index is 1270. The summed E-state index contributed by atoms with van der Waals surface area (Å²) >= 11 is 0. The first-order valence-corrected chi connectivity index (χ1v) is 10.2. The fourth-order valence-corrected chi connectivity index (χ4v) is 3.17. The average Bonchev–Trinajstić information content (AvgIpc) is 3.33. The van der Waals surface area contributed by atoms with Gasteiger partial charge in [0.25, 0.3) is 0 Å². The topological polar surface area (TPSA) is 95.5 Å². The first-order chi connectivity index (χ1) is 16.7. The number of oxime groups is 2. The van der Waals surface area contributed by atoms with E-state index in [4.69, 9.17) is 18.9 Å². The lowest BCUT2D eigenvalue weighted by Crippen LogP contribution is -2.20. The molecule has 8 nitrogen and oxygen atoms in total. The van der Waals surface area contributed by atoms with Crippen molar-refractivity contribution < 1.29 is 36.9 Å². The van der Waals surface area contributed by atoms with Crippen LogP contribution in [-0.4, -0.2) is 36.8 Å². The number of alkyl halides is 3. The van der Waals surface area contributed by atoms with Crippen molar-refractivity contribution in [3.8, 4) is 11.3 Å². The highest BCUT2D eigenvalue weighted by Gasteiger charge is 2.30. The highest BCUT2D eigenvalue weighted by atomic mass is 19.4. The van der Waals surface area contributed by atoms with Gasteiger partial charge >= 0.3 is 12.1 Å². The van der Waals surface area contributed by atoms with E-state index in [-0.39, 0.29) is 23.6 Å². The number of aryl methyl sites for hydroxylation is 1. The molecular formula is C24H22F3N3O5. The van der Waals surface area contributed by atoms with Crippen molar-refractivity contribution in [3.63, 3.8) is 0 Å². The summed E-state index contributed by atoms with van der Waals surface area (Å²) in [5.74, 6) is -0.525. The zero-order chi connectivity index (χ0) is 25.6. The van der Waals surface area contributed by atoms with E-state index in [1.54, 1.807) is 19.1 Å². The Labute approximate surface area is 198 Å². The van der Waals surface area contributed by atoms with Crippen LogP contribution in [0.1, 0.15) is 34.9 Å². The minimum absolute atomic E-state index is 0.0165. The van der Waals surface area contributed by atoms with Gasteiger partial charge in [-0.1, -0.05) is 45.8 Å². The molecule has 0 aliphatic carbocycles. The van der Waals surface area contributed by atoms with Crippen LogP contribution in [0.15, 0.2) is 63.4 Å². The summed E-state index contributed by atoms with van der Waals surface area (Å²) in [5.41, 5.74) is 1.94. The molecule has 0 fully saturated rings. The lowest BCUT2D eigenvalue weighted by Gasteiger charge is -2.12. The monoisotopic (exact) mass is 489 g/mol. The molecule has 1 aromatic heterocycles. The van der Waals surface area contributed by atoms with Crippen LogP contribution in [0, 0.1) is 6.92 Å². The van der Waals surface area contributed by atoms with Crippen LogP contribution in [0.25, 0.3) is 11.3 Å². The molecule has 0 bridgehead atoms. The minimum atomic E-state index is -4.47. The number of nitrogens with zero attached hydrogens (tertiary/aromatic N) is 3. The van der Waals surface area contributed by atoms with Crippen LogP contribution in [-0.2, 0) is 32.0 Å². The molecule has 0 atom stereocenters. The molecule has 0 amide bonds. The molecule has 184 valence electrons. The highest BCUT2D eigenvalue weighted by Crippen LogP contribution is 2.32. The predicted octanol–water partition coefficient (Wildman–Crippen LogP) is 5.13. The van der Waals surface area contributed by atoms with Crippen molar-refractivity contribution in [1.29, 1.82) is 0 Å². The van der Waals surface area contributed by atoms with E-state index in [9.17, 15) is 18.0 Å². The normalized spacial score (nSPS) is 12.4. The van der Waals surface area contributed by atoms with Crippen LogP contribution >= 0.6 is 0 Å². The summed E-state index contributed by atoms with van der Waals surface area (Å²) in [6.45, 7) is 3.43. The first kappa shape index (κ1) is 25.5. The second kappa shape index (κ2) is 10.9.